The lowest BCUT2D eigenvalue weighted by molar-refractivity contribution is 0.401. The van der Waals surface area contributed by atoms with Gasteiger partial charge in [0.15, 0.2) is 11.6 Å². The van der Waals surface area contributed by atoms with E-state index in [1.54, 1.807) is 6.20 Å². The molecule has 0 aromatic carbocycles. The quantitative estimate of drug-likeness (QED) is 0.830. The van der Waals surface area contributed by atoms with Crippen molar-refractivity contribution in [3.05, 3.63) is 22.6 Å². The molecule has 0 amide bonds. The Kier molecular flexibility index (Phi) is 5.15. The molecule has 90 valence electrons. The highest BCUT2D eigenvalue weighted by atomic mass is 79.9. The number of nitrogens with zero attached hydrogens (tertiary/aromatic N) is 3. The van der Waals surface area contributed by atoms with Crippen LogP contribution in [0.2, 0.25) is 0 Å². The van der Waals surface area contributed by atoms with Gasteiger partial charge in [-0.2, -0.15) is 0 Å². The summed E-state index contributed by atoms with van der Waals surface area (Å²) in [5.74, 6) is 0.115. The third kappa shape index (κ3) is 4.06. The molecule has 0 spiro atoms. The molecule has 0 N–H and O–H groups in total. The second kappa shape index (κ2) is 6.15. The largest absolute Gasteiger partial charge is 0.357 e. The summed E-state index contributed by atoms with van der Waals surface area (Å²) in [5.41, 5.74) is 0. The summed E-state index contributed by atoms with van der Waals surface area (Å²) in [5, 5.41) is 0. The minimum atomic E-state index is -0.290. The second-order valence-electron chi connectivity index (χ2n) is 4.04. The molecule has 1 aromatic heterocycles. The van der Waals surface area contributed by atoms with Crippen LogP contribution in [0.1, 0.15) is 6.42 Å². The van der Waals surface area contributed by atoms with E-state index >= 15 is 0 Å². The first kappa shape index (κ1) is 13.4. The van der Waals surface area contributed by atoms with Gasteiger partial charge in [-0.05, 0) is 49.1 Å². The summed E-state index contributed by atoms with van der Waals surface area (Å²) in [7, 11) is 5.91. The molecule has 0 saturated heterocycles. The van der Waals surface area contributed by atoms with Gasteiger partial charge in [0.1, 0.15) is 0 Å². The maximum absolute atomic E-state index is 13.5. The van der Waals surface area contributed by atoms with Gasteiger partial charge in [0.25, 0.3) is 0 Å². The van der Waals surface area contributed by atoms with Crippen molar-refractivity contribution in [3.8, 4) is 0 Å². The monoisotopic (exact) mass is 289 g/mol. The number of rotatable bonds is 5. The Hall–Kier alpha value is -0.680. The minimum Gasteiger partial charge on any atom is -0.357 e. The molecule has 0 radical (unpaired) electrons. The Balaban J connectivity index is 2.55. The Labute approximate surface area is 104 Å². The van der Waals surface area contributed by atoms with Gasteiger partial charge in [-0.25, -0.2) is 9.37 Å². The van der Waals surface area contributed by atoms with Crippen LogP contribution in [0.3, 0.4) is 0 Å². The van der Waals surface area contributed by atoms with E-state index in [4.69, 9.17) is 0 Å². The number of hydrogen-bond acceptors (Lipinski definition) is 3. The SMILES string of the molecule is CN(C)CCCN(C)c1ncc(Br)cc1F. The van der Waals surface area contributed by atoms with Crippen molar-refractivity contribution < 1.29 is 4.39 Å². The molecule has 1 rings (SSSR count). The number of pyridine rings is 1. The summed E-state index contributed by atoms with van der Waals surface area (Å²) in [6, 6.07) is 1.44. The highest BCUT2D eigenvalue weighted by Gasteiger charge is 2.09. The molecule has 0 aliphatic heterocycles. The smallest absolute Gasteiger partial charge is 0.166 e. The molecule has 1 aromatic rings. The summed E-state index contributed by atoms with van der Waals surface area (Å²) < 4.78 is 14.2. The van der Waals surface area contributed by atoms with Gasteiger partial charge in [0.2, 0.25) is 0 Å². The van der Waals surface area contributed by atoms with Crippen molar-refractivity contribution in [2.45, 2.75) is 6.42 Å². The molecule has 5 heteroatoms. The van der Waals surface area contributed by atoms with Gasteiger partial charge < -0.3 is 9.80 Å². The molecule has 0 aliphatic carbocycles. The van der Waals surface area contributed by atoms with Gasteiger partial charge in [-0.3, -0.25) is 0 Å². The lowest BCUT2D eigenvalue weighted by atomic mass is 10.3. The van der Waals surface area contributed by atoms with Gasteiger partial charge in [-0.1, -0.05) is 0 Å². The van der Waals surface area contributed by atoms with Crippen LogP contribution in [0.5, 0.6) is 0 Å². The molecule has 0 aliphatic rings. The summed E-state index contributed by atoms with van der Waals surface area (Å²) >= 11 is 3.19. The predicted molar refractivity (Wildman–Crippen MR) is 68.3 cm³/mol. The first-order valence-corrected chi connectivity index (χ1v) is 5.97. The molecule has 0 atom stereocenters. The zero-order valence-electron chi connectivity index (χ0n) is 9.87. The third-order valence-corrected chi connectivity index (χ3v) is 2.68. The molecule has 0 unspecified atom stereocenters. The number of anilines is 1. The predicted octanol–water partition coefficient (Wildman–Crippen LogP) is 2.37. The number of aromatic nitrogens is 1. The first-order chi connectivity index (χ1) is 7.50. The van der Waals surface area contributed by atoms with Crippen molar-refractivity contribution in [2.24, 2.45) is 0 Å². The number of hydrogen-bond donors (Lipinski definition) is 0. The molecular formula is C11H17BrFN3. The van der Waals surface area contributed by atoms with Crippen LogP contribution in [-0.4, -0.2) is 44.1 Å². The zero-order valence-corrected chi connectivity index (χ0v) is 11.5. The minimum absolute atomic E-state index is 0.290. The molecule has 0 bridgehead atoms. The Morgan fingerprint density at radius 3 is 2.56 bits per heavy atom. The van der Waals surface area contributed by atoms with Crippen LogP contribution in [0.4, 0.5) is 10.2 Å². The fraction of sp³-hybridized carbons (Fsp3) is 0.545. The number of halogens is 2. The average molecular weight is 290 g/mol. The van der Waals surface area contributed by atoms with Crippen molar-refractivity contribution in [3.63, 3.8) is 0 Å². The van der Waals surface area contributed by atoms with E-state index in [9.17, 15) is 4.39 Å². The first-order valence-electron chi connectivity index (χ1n) is 5.17. The van der Waals surface area contributed by atoms with E-state index in [1.165, 1.54) is 6.07 Å². The maximum atomic E-state index is 13.5. The third-order valence-electron chi connectivity index (χ3n) is 2.25. The van der Waals surface area contributed by atoms with E-state index in [2.05, 4.69) is 25.8 Å². The molecule has 3 nitrogen and oxygen atoms in total. The topological polar surface area (TPSA) is 19.4 Å². The lowest BCUT2D eigenvalue weighted by Gasteiger charge is -2.19. The van der Waals surface area contributed by atoms with Crippen LogP contribution < -0.4 is 4.90 Å². The van der Waals surface area contributed by atoms with E-state index < -0.39 is 0 Å². The Morgan fingerprint density at radius 2 is 2.00 bits per heavy atom. The van der Waals surface area contributed by atoms with Crippen LogP contribution >= 0.6 is 15.9 Å². The maximum Gasteiger partial charge on any atom is 0.166 e. The van der Waals surface area contributed by atoms with E-state index in [-0.39, 0.29) is 5.82 Å². The lowest BCUT2D eigenvalue weighted by Crippen LogP contribution is -2.24. The summed E-state index contributed by atoms with van der Waals surface area (Å²) in [6.07, 6.45) is 2.60. The molecule has 0 fully saturated rings. The fourth-order valence-corrected chi connectivity index (χ4v) is 1.72. The van der Waals surface area contributed by atoms with E-state index in [1.807, 2.05) is 26.0 Å². The van der Waals surface area contributed by atoms with Crippen molar-refractivity contribution >= 4 is 21.7 Å². The van der Waals surface area contributed by atoms with Gasteiger partial charge in [-0.15, -0.1) is 0 Å². The van der Waals surface area contributed by atoms with Crippen LogP contribution in [0, 0.1) is 5.82 Å². The normalized spacial score (nSPS) is 10.9. The highest BCUT2D eigenvalue weighted by Crippen LogP contribution is 2.18. The van der Waals surface area contributed by atoms with Gasteiger partial charge >= 0.3 is 0 Å². The van der Waals surface area contributed by atoms with Crippen molar-refractivity contribution in [1.82, 2.24) is 9.88 Å². The van der Waals surface area contributed by atoms with Crippen LogP contribution in [-0.2, 0) is 0 Å². The molecular weight excluding hydrogens is 273 g/mol. The van der Waals surface area contributed by atoms with Gasteiger partial charge in [0.05, 0.1) is 0 Å². The standard InChI is InChI=1S/C11H17BrFN3/c1-15(2)5-4-6-16(3)11-10(13)7-9(12)8-14-11/h7-8H,4-6H2,1-3H3. The van der Waals surface area contributed by atoms with Gasteiger partial charge in [0, 0.05) is 24.3 Å². The molecule has 1 heterocycles. The average Bonchev–Trinajstić information content (AvgIpc) is 2.16. The zero-order chi connectivity index (χ0) is 12.1. The van der Waals surface area contributed by atoms with Crippen molar-refractivity contribution in [2.75, 3.05) is 39.1 Å². The Morgan fingerprint density at radius 1 is 1.31 bits per heavy atom. The van der Waals surface area contributed by atoms with Crippen molar-refractivity contribution in [1.29, 1.82) is 0 Å². The molecule has 0 saturated carbocycles. The Bertz CT molecular complexity index is 344. The fourth-order valence-electron chi connectivity index (χ4n) is 1.42. The van der Waals surface area contributed by atoms with E-state index in [0.717, 1.165) is 19.5 Å². The second-order valence-corrected chi connectivity index (χ2v) is 4.95. The molecule has 16 heavy (non-hydrogen) atoms. The van der Waals surface area contributed by atoms with E-state index in [0.29, 0.717) is 10.3 Å². The summed E-state index contributed by atoms with van der Waals surface area (Å²) in [4.78, 5) is 8.01. The van der Waals surface area contributed by atoms with Crippen LogP contribution in [0.25, 0.3) is 0 Å². The van der Waals surface area contributed by atoms with Crippen LogP contribution in [0.15, 0.2) is 16.7 Å². The summed E-state index contributed by atoms with van der Waals surface area (Å²) in [6.45, 7) is 1.78. The highest BCUT2D eigenvalue weighted by molar-refractivity contribution is 9.10.